The Balaban J connectivity index is 1.53. The van der Waals surface area contributed by atoms with Crippen LogP contribution in [0.1, 0.15) is 25.6 Å². The lowest BCUT2D eigenvalue weighted by Crippen LogP contribution is -2.27. The third kappa shape index (κ3) is 4.54. The van der Waals surface area contributed by atoms with Crippen LogP contribution in [0.15, 0.2) is 4.34 Å². The van der Waals surface area contributed by atoms with Crippen molar-refractivity contribution >= 4 is 23.3 Å². The Kier molecular flexibility index (Phi) is 5.70. The SMILES string of the molecule is CCc1nsc(SCCNCC2CCCO2)n1. The molecule has 0 amide bonds. The van der Waals surface area contributed by atoms with E-state index in [9.17, 15) is 0 Å². The molecule has 1 N–H and O–H groups in total. The normalized spacial score (nSPS) is 19.9. The van der Waals surface area contributed by atoms with Gasteiger partial charge in [-0.05, 0) is 24.4 Å². The molecule has 0 aromatic carbocycles. The van der Waals surface area contributed by atoms with Gasteiger partial charge >= 0.3 is 0 Å². The number of nitrogens with one attached hydrogen (secondary N) is 1. The van der Waals surface area contributed by atoms with Crippen LogP contribution in [0.4, 0.5) is 0 Å². The van der Waals surface area contributed by atoms with E-state index in [0.29, 0.717) is 6.10 Å². The quantitative estimate of drug-likeness (QED) is 0.608. The first kappa shape index (κ1) is 13.3. The summed E-state index contributed by atoms with van der Waals surface area (Å²) in [6, 6.07) is 0. The van der Waals surface area contributed by atoms with Crippen LogP contribution in [0.25, 0.3) is 0 Å². The minimum atomic E-state index is 0.438. The number of aromatic nitrogens is 2. The molecule has 0 aliphatic carbocycles. The average molecular weight is 273 g/mol. The van der Waals surface area contributed by atoms with Crippen molar-refractivity contribution in [1.29, 1.82) is 0 Å². The molecule has 0 spiro atoms. The number of thioether (sulfide) groups is 1. The molecule has 1 aromatic rings. The Labute approximate surface area is 111 Å². The third-order valence-corrected chi connectivity index (χ3v) is 4.54. The van der Waals surface area contributed by atoms with Gasteiger partial charge in [-0.25, -0.2) is 4.98 Å². The smallest absolute Gasteiger partial charge is 0.170 e. The van der Waals surface area contributed by atoms with E-state index in [4.69, 9.17) is 4.74 Å². The predicted octanol–water partition coefficient (Wildman–Crippen LogP) is 1.96. The van der Waals surface area contributed by atoms with Crippen molar-refractivity contribution in [3.8, 4) is 0 Å². The number of hydrogen-bond acceptors (Lipinski definition) is 6. The molecule has 1 fully saturated rings. The molecule has 96 valence electrons. The molecule has 17 heavy (non-hydrogen) atoms. The minimum Gasteiger partial charge on any atom is -0.377 e. The summed E-state index contributed by atoms with van der Waals surface area (Å²) < 4.78 is 10.9. The Morgan fingerprint density at radius 1 is 1.59 bits per heavy atom. The number of ether oxygens (including phenoxy) is 1. The highest BCUT2D eigenvalue weighted by Crippen LogP contribution is 2.19. The molecule has 1 unspecified atom stereocenters. The van der Waals surface area contributed by atoms with E-state index in [1.807, 2.05) is 0 Å². The van der Waals surface area contributed by atoms with Crippen molar-refractivity contribution in [2.75, 3.05) is 25.4 Å². The second kappa shape index (κ2) is 7.31. The molecule has 2 rings (SSSR count). The maximum atomic E-state index is 5.55. The fraction of sp³-hybridized carbons (Fsp3) is 0.818. The molecule has 1 atom stereocenters. The first-order valence-corrected chi connectivity index (χ1v) is 7.92. The van der Waals surface area contributed by atoms with Gasteiger partial charge in [-0.1, -0.05) is 18.7 Å². The summed E-state index contributed by atoms with van der Waals surface area (Å²) in [5.41, 5.74) is 0. The predicted molar refractivity (Wildman–Crippen MR) is 71.9 cm³/mol. The second-order valence-electron chi connectivity index (χ2n) is 4.02. The van der Waals surface area contributed by atoms with Gasteiger partial charge in [-0.3, -0.25) is 0 Å². The lowest BCUT2D eigenvalue weighted by molar-refractivity contribution is 0.110. The molecular formula is C11H19N3OS2. The van der Waals surface area contributed by atoms with Crippen LogP contribution in [-0.2, 0) is 11.2 Å². The molecule has 1 aromatic heterocycles. The molecular weight excluding hydrogens is 254 g/mol. The van der Waals surface area contributed by atoms with Gasteiger partial charge in [0.1, 0.15) is 5.82 Å². The van der Waals surface area contributed by atoms with Gasteiger partial charge in [0, 0.05) is 31.9 Å². The highest BCUT2D eigenvalue weighted by Gasteiger charge is 2.14. The van der Waals surface area contributed by atoms with Crippen molar-refractivity contribution < 1.29 is 4.74 Å². The van der Waals surface area contributed by atoms with E-state index in [2.05, 4.69) is 21.6 Å². The van der Waals surface area contributed by atoms with Crippen LogP contribution in [0, 0.1) is 0 Å². The molecule has 1 aliphatic rings. The molecule has 0 bridgehead atoms. The van der Waals surface area contributed by atoms with Crippen LogP contribution < -0.4 is 5.32 Å². The molecule has 2 heterocycles. The van der Waals surface area contributed by atoms with Crippen LogP contribution in [0.5, 0.6) is 0 Å². The number of aryl methyl sites for hydroxylation is 1. The van der Waals surface area contributed by atoms with Crippen LogP contribution in [0.3, 0.4) is 0 Å². The van der Waals surface area contributed by atoms with E-state index in [-0.39, 0.29) is 0 Å². The lowest BCUT2D eigenvalue weighted by Gasteiger charge is -2.09. The number of rotatable bonds is 7. The van der Waals surface area contributed by atoms with Crippen molar-refractivity contribution in [1.82, 2.24) is 14.7 Å². The first-order valence-electron chi connectivity index (χ1n) is 6.16. The van der Waals surface area contributed by atoms with Crippen LogP contribution in [0.2, 0.25) is 0 Å². The molecule has 1 aliphatic heterocycles. The minimum absolute atomic E-state index is 0.438. The van der Waals surface area contributed by atoms with E-state index in [1.54, 1.807) is 11.8 Å². The van der Waals surface area contributed by atoms with Gasteiger partial charge in [0.25, 0.3) is 0 Å². The zero-order valence-corrected chi connectivity index (χ0v) is 11.8. The van der Waals surface area contributed by atoms with E-state index < -0.39 is 0 Å². The van der Waals surface area contributed by atoms with Crippen molar-refractivity contribution in [2.24, 2.45) is 0 Å². The maximum Gasteiger partial charge on any atom is 0.170 e. The molecule has 6 heteroatoms. The highest BCUT2D eigenvalue weighted by atomic mass is 32.2. The van der Waals surface area contributed by atoms with Gasteiger partial charge in [0.05, 0.1) is 6.10 Å². The van der Waals surface area contributed by atoms with Gasteiger partial charge < -0.3 is 10.1 Å². The van der Waals surface area contributed by atoms with Gasteiger partial charge in [0.2, 0.25) is 0 Å². The molecule has 1 saturated heterocycles. The van der Waals surface area contributed by atoms with Gasteiger partial charge in [-0.15, -0.1) is 0 Å². The molecule has 0 saturated carbocycles. The Morgan fingerprint density at radius 2 is 2.53 bits per heavy atom. The van der Waals surface area contributed by atoms with Crippen LogP contribution in [-0.4, -0.2) is 40.9 Å². The molecule has 0 radical (unpaired) electrons. The van der Waals surface area contributed by atoms with Crippen molar-refractivity contribution in [3.05, 3.63) is 5.82 Å². The number of hydrogen-bond donors (Lipinski definition) is 1. The lowest BCUT2D eigenvalue weighted by atomic mass is 10.2. The Hall–Kier alpha value is -0.170. The fourth-order valence-corrected chi connectivity index (χ4v) is 3.38. The Bertz CT molecular complexity index is 326. The van der Waals surface area contributed by atoms with Gasteiger partial charge in [-0.2, -0.15) is 4.37 Å². The monoisotopic (exact) mass is 273 g/mol. The highest BCUT2D eigenvalue weighted by molar-refractivity contribution is 8.00. The maximum absolute atomic E-state index is 5.55. The largest absolute Gasteiger partial charge is 0.377 e. The first-order chi connectivity index (χ1) is 8.38. The summed E-state index contributed by atoms with van der Waals surface area (Å²) in [7, 11) is 0. The Morgan fingerprint density at radius 3 is 3.24 bits per heavy atom. The van der Waals surface area contributed by atoms with Crippen molar-refractivity contribution in [3.63, 3.8) is 0 Å². The summed E-state index contributed by atoms with van der Waals surface area (Å²) in [6.45, 7) is 5.01. The summed E-state index contributed by atoms with van der Waals surface area (Å²) >= 11 is 3.29. The molecule has 4 nitrogen and oxygen atoms in total. The zero-order chi connectivity index (χ0) is 11.9. The summed E-state index contributed by atoms with van der Waals surface area (Å²) in [6.07, 6.45) is 3.78. The van der Waals surface area contributed by atoms with E-state index >= 15 is 0 Å². The third-order valence-electron chi connectivity index (χ3n) is 2.67. The zero-order valence-electron chi connectivity index (χ0n) is 10.1. The number of nitrogens with zero attached hydrogens (tertiary/aromatic N) is 2. The topological polar surface area (TPSA) is 47.0 Å². The van der Waals surface area contributed by atoms with Crippen molar-refractivity contribution in [2.45, 2.75) is 36.6 Å². The van der Waals surface area contributed by atoms with Crippen LogP contribution >= 0.6 is 23.3 Å². The average Bonchev–Trinajstić information content (AvgIpc) is 2.99. The standard InChI is InChI=1S/C11H19N3OS2/c1-2-10-13-11(17-14-10)16-7-5-12-8-9-4-3-6-15-9/h9,12H,2-8H2,1H3. The second-order valence-corrected chi connectivity index (χ2v) is 6.11. The van der Waals surface area contributed by atoms with Gasteiger partial charge in [0.15, 0.2) is 4.34 Å². The van der Waals surface area contributed by atoms with E-state index in [1.165, 1.54) is 24.4 Å². The summed E-state index contributed by atoms with van der Waals surface area (Å²) in [4.78, 5) is 4.42. The fourth-order valence-electron chi connectivity index (χ4n) is 1.72. The summed E-state index contributed by atoms with van der Waals surface area (Å²) in [5.74, 6) is 2.01. The summed E-state index contributed by atoms with van der Waals surface area (Å²) in [5, 5.41) is 3.43. The van der Waals surface area contributed by atoms with E-state index in [0.717, 1.165) is 42.0 Å².